The van der Waals surface area contributed by atoms with Gasteiger partial charge in [-0.15, -0.1) is 0 Å². The summed E-state index contributed by atoms with van der Waals surface area (Å²) in [6, 6.07) is 20.6. The van der Waals surface area contributed by atoms with Crippen molar-refractivity contribution in [2.45, 2.75) is 37.5 Å². The molecule has 3 rings (SSSR count). The molecule has 0 aromatic heterocycles. The van der Waals surface area contributed by atoms with Crippen molar-refractivity contribution < 1.29 is 9.53 Å². The highest BCUT2D eigenvalue weighted by Gasteiger charge is 2.35. The highest BCUT2D eigenvalue weighted by molar-refractivity contribution is 5.83. The maximum atomic E-state index is 12.8. The van der Waals surface area contributed by atoms with Gasteiger partial charge in [-0.3, -0.25) is 4.79 Å². The smallest absolute Gasteiger partial charge is 0.227 e. The van der Waals surface area contributed by atoms with Crippen molar-refractivity contribution in [1.82, 2.24) is 5.32 Å². The number of ether oxygens (including phenoxy) is 1. The molecule has 1 N–H and O–H groups in total. The molecule has 1 heterocycles. The first-order chi connectivity index (χ1) is 12.2. The van der Waals surface area contributed by atoms with Crippen LogP contribution in [0.2, 0.25) is 0 Å². The predicted octanol–water partition coefficient (Wildman–Crippen LogP) is 4.04. The zero-order valence-electron chi connectivity index (χ0n) is 14.9. The molecule has 2 aromatic carbocycles. The van der Waals surface area contributed by atoms with E-state index in [0.717, 1.165) is 38.0 Å². The van der Waals surface area contributed by atoms with Gasteiger partial charge in [0.2, 0.25) is 5.91 Å². The second kappa shape index (κ2) is 8.30. The summed E-state index contributed by atoms with van der Waals surface area (Å²) in [4.78, 5) is 12.8. The zero-order valence-corrected chi connectivity index (χ0v) is 14.9. The maximum Gasteiger partial charge on any atom is 0.227 e. The molecular formula is C22H27NO2. The Hall–Kier alpha value is -2.13. The minimum Gasteiger partial charge on any atom is -0.381 e. The van der Waals surface area contributed by atoms with E-state index in [4.69, 9.17) is 4.74 Å². The van der Waals surface area contributed by atoms with Gasteiger partial charge in [-0.1, -0.05) is 67.6 Å². The van der Waals surface area contributed by atoms with Crippen molar-refractivity contribution in [3.63, 3.8) is 0 Å². The Morgan fingerprint density at radius 3 is 2.24 bits per heavy atom. The summed E-state index contributed by atoms with van der Waals surface area (Å²) in [6.07, 6.45) is 2.69. The van der Waals surface area contributed by atoms with Crippen LogP contribution in [0, 0.1) is 0 Å². The van der Waals surface area contributed by atoms with Crippen molar-refractivity contribution in [3.05, 3.63) is 71.8 Å². The molecule has 3 heteroatoms. The Kier molecular flexibility index (Phi) is 5.87. The molecule has 0 bridgehead atoms. The molecule has 1 saturated heterocycles. The molecule has 0 saturated carbocycles. The third-order valence-electron chi connectivity index (χ3n) is 5.36. The van der Waals surface area contributed by atoms with E-state index in [9.17, 15) is 4.79 Å². The van der Waals surface area contributed by atoms with Crippen molar-refractivity contribution in [2.24, 2.45) is 0 Å². The van der Waals surface area contributed by atoms with Gasteiger partial charge >= 0.3 is 0 Å². The summed E-state index contributed by atoms with van der Waals surface area (Å²) < 4.78 is 5.58. The fourth-order valence-electron chi connectivity index (χ4n) is 3.76. The Balaban J connectivity index is 1.74. The first-order valence-corrected chi connectivity index (χ1v) is 9.21. The lowest BCUT2D eigenvalue weighted by Crippen LogP contribution is -2.45. The van der Waals surface area contributed by atoms with E-state index < -0.39 is 0 Å². The lowest BCUT2D eigenvalue weighted by atomic mass is 9.74. The number of nitrogens with one attached hydrogen (secondary N) is 1. The van der Waals surface area contributed by atoms with Crippen LogP contribution in [0.4, 0.5) is 0 Å². The molecule has 2 aromatic rings. The van der Waals surface area contributed by atoms with Gasteiger partial charge in [0, 0.05) is 25.2 Å². The van der Waals surface area contributed by atoms with Gasteiger partial charge in [-0.2, -0.15) is 0 Å². The van der Waals surface area contributed by atoms with Crippen LogP contribution >= 0.6 is 0 Å². The second-order valence-electron chi connectivity index (χ2n) is 6.85. The summed E-state index contributed by atoms with van der Waals surface area (Å²) in [5.41, 5.74) is 2.36. The van der Waals surface area contributed by atoms with Crippen molar-refractivity contribution >= 4 is 5.91 Å². The second-order valence-corrected chi connectivity index (χ2v) is 6.85. The lowest BCUT2D eigenvalue weighted by molar-refractivity contribution is -0.123. The monoisotopic (exact) mass is 337 g/mol. The van der Waals surface area contributed by atoms with E-state index in [2.05, 4.69) is 36.5 Å². The topological polar surface area (TPSA) is 38.3 Å². The lowest BCUT2D eigenvalue weighted by Gasteiger charge is -2.38. The third kappa shape index (κ3) is 4.10. The average Bonchev–Trinajstić information content (AvgIpc) is 2.69. The van der Waals surface area contributed by atoms with Crippen LogP contribution in [0.25, 0.3) is 0 Å². The van der Waals surface area contributed by atoms with Crippen LogP contribution in [0.15, 0.2) is 60.7 Å². The third-order valence-corrected chi connectivity index (χ3v) is 5.36. The van der Waals surface area contributed by atoms with Gasteiger partial charge < -0.3 is 10.1 Å². The molecule has 3 nitrogen and oxygen atoms in total. The highest BCUT2D eigenvalue weighted by atomic mass is 16.5. The summed E-state index contributed by atoms with van der Waals surface area (Å²) in [7, 11) is 0. The fourth-order valence-corrected chi connectivity index (χ4v) is 3.76. The van der Waals surface area contributed by atoms with Crippen LogP contribution in [-0.2, 0) is 14.9 Å². The van der Waals surface area contributed by atoms with Crippen LogP contribution < -0.4 is 5.32 Å². The first kappa shape index (κ1) is 17.7. The Bertz CT molecular complexity index is 663. The summed E-state index contributed by atoms with van der Waals surface area (Å²) >= 11 is 0. The largest absolute Gasteiger partial charge is 0.381 e. The molecule has 0 spiro atoms. The van der Waals surface area contributed by atoms with Gasteiger partial charge in [-0.25, -0.2) is 0 Å². The average molecular weight is 337 g/mol. The van der Waals surface area contributed by atoms with Gasteiger partial charge in [-0.05, 0) is 30.4 Å². The van der Waals surface area contributed by atoms with Crippen molar-refractivity contribution in [2.75, 3.05) is 19.8 Å². The van der Waals surface area contributed by atoms with E-state index in [0.29, 0.717) is 6.54 Å². The summed E-state index contributed by atoms with van der Waals surface area (Å²) in [5.74, 6) is 0.0318. The molecule has 0 aliphatic carbocycles. The van der Waals surface area contributed by atoms with Crippen LogP contribution in [0.1, 0.15) is 43.2 Å². The molecule has 1 atom stereocenters. The minimum absolute atomic E-state index is 0.0237. The van der Waals surface area contributed by atoms with E-state index in [1.165, 1.54) is 5.56 Å². The van der Waals surface area contributed by atoms with Gasteiger partial charge in [0.1, 0.15) is 0 Å². The Labute approximate surface area is 150 Å². The SMILES string of the molecule is CCC(C(=O)NCC1(c2ccccc2)CCOCC1)c1ccccc1. The molecule has 1 fully saturated rings. The number of rotatable bonds is 6. The zero-order chi connectivity index (χ0) is 17.5. The first-order valence-electron chi connectivity index (χ1n) is 9.21. The summed E-state index contributed by atoms with van der Waals surface area (Å²) in [5, 5.41) is 3.25. The number of hydrogen-bond acceptors (Lipinski definition) is 2. The quantitative estimate of drug-likeness (QED) is 0.864. The van der Waals surface area contributed by atoms with Gasteiger partial charge in [0.25, 0.3) is 0 Å². The fraction of sp³-hybridized carbons (Fsp3) is 0.409. The van der Waals surface area contributed by atoms with Crippen LogP contribution in [0.3, 0.4) is 0 Å². The van der Waals surface area contributed by atoms with E-state index in [1.54, 1.807) is 0 Å². The molecule has 1 amide bonds. The standard InChI is InChI=1S/C22H27NO2/c1-2-20(18-9-5-3-6-10-18)21(24)23-17-22(13-15-25-16-14-22)19-11-7-4-8-12-19/h3-12,20H,2,13-17H2,1H3,(H,23,24). The number of carbonyl (C=O) groups is 1. The van der Waals surface area contributed by atoms with Crippen molar-refractivity contribution in [1.29, 1.82) is 0 Å². The molecule has 0 radical (unpaired) electrons. The van der Waals surface area contributed by atoms with E-state index >= 15 is 0 Å². The predicted molar refractivity (Wildman–Crippen MR) is 101 cm³/mol. The Morgan fingerprint density at radius 2 is 1.64 bits per heavy atom. The maximum absolute atomic E-state index is 12.8. The molecule has 1 unspecified atom stereocenters. The van der Waals surface area contributed by atoms with Crippen molar-refractivity contribution in [3.8, 4) is 0 Å². The van der Waals surface area contributed by atoms with E-state index in [1.807, 2.05) is 36.4 Å². The van der Waals surface area contributed by atoms with Crippen LogP contribution in [0.5, 0.6) is 0 Å². The van der Waals surface area contributed by atoms with Crippen LogP contribution in [-0.4, -0.2) is 25.7 Å². The molecule has 25 heavy (non-hydrogen) atoms. The highest BCUT2D eigenvalue weighted by Crippen LogP contribution is 2.34. The van der Waals surface area contributed by atoms with Gasteiger partial charge in [0.05, 0.1) is 5.92 Å². The molecular weight excluding hydrogens is 310 g/mol. The molecule has 1 aliphatic heterocycles. The molecule has 132 valence electrons. The summed E-state index contributed by atoms with van der Waals surface area (Å²) in [6.45, 7) is 4.24. The van der Waals surface area contributed by atoms with E-state index in [-0.39, 0.29) is 17.2 Å². The molecule has 1 aliphatic rings. The number of benzene rings is 2. The Morgan fingerprint density at radius 1 is 1.04 bits per heavy atom. The normalized spacial score (nSPS) is 17.6. The van der Waals surface area contributed by atoms with Gasteiger partial charge in [0.15, 0.2) is 0 Å². The number of carbonyl (C=O) groups excluding carboxylic acids is 1. The number of amides is 1. The number of hydrogen-bond donors (Lipinski definition) is 1. The minimum atomic E-state index is -0.0890.